The molecule has 3 heterocycles. The molecule has 1 N–H and O–H groups in total. The van der Waals surface area contributed by atoms with Crippen molar-refractivity contribution in [1.82, 2.24) is 14.9 Å². The quantitative estimate of drug-likeness (QED) is 0.770. The predicted molar refractivity (Wildman–Crippen MR) is 102 cm³/mol. The van der Waals surface area contributed by atoms with Crippen LogP contribution in [-0.4, -0.2) is 54.9 Å². The first-order valence-corrected chi connectivity index (χ1v) is 9.02. The van der Waals surface area contributed by atoms with Gasteiger partial charge in [-0.25, -0.2) is 4.98 Å². The highest BCUT2D eigenvalue weighted by Crippen LogP contribution is 2.41. The lowest BCUT2D eigenvalue weighted by Crippen LogP contribution is -2.44. The van der Waals surface area contributed by atoms with Gasteiger partial charge in [0, 0.05) is 31.9 Å². The summed E-state index contributed by atoms with van der Waals surface area (Å²) >= 11 is 0. The van der Waals surface area contributed by atoms with E-state index in [0.29, 0.717) is 0 Å². The Hall–Kier alpha value is -2.73. The Labute approximate surface area is 152 Å². The molecule has 3 aromatic rings. The van der Waals surface area contributed by atoms with Gasteiger partial charge in [-0.3, -0.25) is 0 Å². The van der Waals surface area contributed by atoms with Crippen molar-refractivity contribution in [3.8, 4) is 22.9 Å². The molecule has 0 unspecified atom stereocenters. The molecule has 0 bridgehead atoms. The molecule has 2 aromatic carbocycles. The van der Waals surface area contributed by atoms with Gasteiger partial charge in [-0.15, -0.1) is 0 Å². The van der Waals surface area contributed by atoms with E-state index in [-0.39, 0.29) is 6.79 Å². The molecule has 6 nitrogen and oxygen atoms in total. The van der Waals surface area contributed by atoms with Gasteiger partial charge in [-0.05, 0) is 43.8 Å². The van der Waals surface area contributed by atoms with E-state index in [1.165, 1.54) is 11.3 Å². The van der Waals surface area contributed by atoms with E-state index in [4.69, 9.17) is 14.5 Å². The zero-order valence-electron chi connectivity index (χ0n) is 15.1. The molecule has 1 fully saturated rings. The number of H-pyrrole nitrogens is 1. The Morgan fingerprint density at radius 2 is 1.92 bits per heavy atom. The molecule has 0 spiro atoms. The molecule has 1 aromatic heterocycles. The van der Waals surface area contributed by atoms with E-state index in [9.17, 15) is 0 Å². The number of fused-ring (bicyclic) bond motifs is 2. The summed E-state index contributed by atoms with van der Waals surface area (Å²) in [7, 11) is 2.18. The van der Waals surface area contributed by atoms with Gasteiger partial charge in [0.1, 0.15) is 5.82 Å². The fourth-order valence-corrected chi connectivity index (χ4v) is 3.76. The molecule has 0 aliphatic carbocycles. The minimum absolute atomic E-state index is 0.263. The first kappa shape index (κ1) is 15.5. The van der Waals surface area contributed by atoms with Gasteiger partial charge in [-0.1, -0.05) is 6.07 Å². The van der Waals surface area contributed by atoms with Gasteiger partial charge in [0.25, 0.3) is 0 Å². The highest BCUT2D eigenvalue weighted by Gasteiger charge is 2.21. The van der Waals surface area contributed by atoms with Crippen LogP contribution in [0.15, 0.2) is 30.3 Å². The van der Waals surface area contributed by atoms with Gasteiger partial charge < -0.3 is 24.3 Å². The monoisotopic (exact) mass is 350 g/mol. The second kappa shape index (κ2) is 5.92. The van der Waals surface area contributed by atoms with E-state index in [0.717, 1.165) is 60.1 Å². The molecule has 134 valence electrons. The standard InChI is InChI=1S/C20H22N4O2/c1-13-10-14(24-8-6-23(2)7-9-24)11-16-18(13)22-20(21-16)15-4-3-5-17-19(15)26-12-25-17/h3-5,10-11H,6-9,12H2,1-2H3,(H,21,22). The number of aryl methyl sites for hydroxylation is 1. The van der Waals surface area contributed by atoms with Crippen LogP contribution in [0.2, 0.25) is 0 Å². The van der Waals surface area contributed by atoms with Crippen molar-refractivity contribution in [2.24, 2.45) is 0 Å². The van der Waals surface area contributed by atoms with Crippen LogP contribution in [-0.2, 0) is 0 Å². The Morgan fingerprint density at radius 3 is 2.77 bits per heavy atom. The van der Waals surface area contributed by atoms with Gasteiger partial charge in [0.2, 0.25) is 6.79 Å². The summed E-state index contributed by atoms with van der Waals surface area (Å²) in [5.74, 6) is 2.36. The molecule has 1 saturated heterocycles. The van der Waals surface area contributed by atoms with Crippen molar-refractivity contribution in [2.75, 3.05) is 44.9 Å². The largest absolute Gasteiger partial charge is 0.454 e. The Balaban J connectivity index is 1.56. The van der Waals surface area contributed by atoms with E-state index in [1.807, 2.05) is 18.2 Å². The molecule has 5 rings (SSSR count). The van der Waals surface area contributed by atoms with Gasteiger partial charge in [0.05, 0.1) is 16.6 Å². The maximum absolute atomic E-state index is 5.64. The van der Waals surface area contributed by atoms with Crippen LogP contribution in [0.25, 0.3) is 22.4 Å². The first-order valence-electron chi connectivity index (χ1n) is 9.02. The minimum atomic E-state index is 0.263. The molecule has 0 radical (unpaired) electrons. The number of rotatable bonds is 2. The third-order valence-electron chi connectivity index (χ3n) is 5.28. The van der Waals surface area contributed by atoms with Crippen molar-refractivity contribution in [3.05, 3.63) is 35.9 Å². The summed E-state index contributed by atoms with van der Waals surface area (Å²) < 4.78 is 11.1. The molecule has 6 heteroatoms. The first-order chi connectivity index (χ1) is 12.7. The number of likely N-dealkylation sites (N-methyl/N-ethyl adjacent to an activating group) is 1. The Morgan fingerprint density at radius 1 is 1.08 bits per heavy atom. The molecular formula is C20H22N4O2. The van der Waals surface area contributed by atoms with Crippen LogP contribution < -0.4 is 14.4 Å². The molecule has 0 saturated carbocycles. The highest BCUT2D eigenvalue weighted by atomic mass is 16.7. The van der Waals surface area contributed by atoms with Gasteiger partial charge >= 0.3 is 0 Å². The number of aromatic amines is 1. The fraction of sp³-hybridized carbons (Fsp3) is 0.350. The van der Waals surface area contributed by atoms with Crippen LogP contribution in [0.1, 0.15) is 5.56 Å². The zero-order valence-corrected chi connectivity index (χ0v) is 15.1. The second-order valence-corrected chi connectivity index (χ2v) is 7.07. The summed E-state index contributed by atoms with van der Waals surface area (Å²) in [5, 5.41) is 0. The highest BCUT2D eigenvalue weighted by molar-refractivity contribution is 5.87. The summed E-state index contributed by atoms with van der Waals surface area (Å²) in [6.07, 6.45) is 0. The molecular weight excluding hydrogens is 328 g/mol. The number of imidazole rings is 1. The van der Waals surface area contributed by atoms with E-state index in [1.54, 1.807) is 0 Å². The lowest BCUT2D eigenvalue weighted by atomic mass is 10.1. The Bertz CT molecular complexity index is 973. The number of anilines is 1. The number of nitrogens with zero attached hydrogens (tertiary/aromatic N) is 3. The number of benzene rings is 2. The number of aromatic nitrogens is 2. The van der Waals surface area contributed by atoms with E-state index in [2.05, 4.69) is 40.9 Å². The maximum Gasteiger partial charge on any atom is 0.231 e. The van der Waals surface area contributed by atoms with Gasteiger partial charge in [0.15, 0.2) is 11.5 Å². The van der Waals surface area contributed by atoms with Crippen molar-refractivity contribution in [1.29, 1.82) is 0 Å². The maximum atomic E-state index is 5.64. The van der Waals surface area contributed by atoms with Crippen LogP contribution in [0, 0.1) is 6.92 Å². The van der Waals surface area contributed by atoms with Crippen molar-refractivity contribution in [3.63, 3.8) is 0 Å². The van der Waals surface area contributed by atoms with Gasteiger partial charge in [-0.2, -0.15) is 0 Å². The second-order valence-electron chi connectivity index (χ2n) is 7.07. The number of hydrogen-bond donors (Lipinski definition) is 1. The van der Waals surface area contributed by atoms with Crippen molar-refractivity contribution in [2.45, 2.75) is 6.92 Å². The van der Waals surface area contributed by atoms with Crippen LogP contribution in [0.4, 0.5) is 5.69 Å². The third kappa shape index (κ3) is 2.49. The zero-order chi connectivity index (χ0) is 17.7. The molecule has 26 heavy (non-hydrogen) atoms. The minimum Gasteiger partial charge on any atom is -0.454 e. The van der Waals surface area contributed by atoms with E-state index < -0.39 is 0 Å². The molecule has 2 aliphatic heterocycles. The van der Waals surface area contributed by atoms with Crippen LogP contribution in [0.5, 0.6) is 11.5 Å². The number of piperazine rings is 1. The lowest BCUT2D eigenvalue weighted by Gasteiger charge is -2.34. The molecule has 2 aliphatic rings. The Kier molecular flexibility index (Phi) is 3.53. The molecule has 0 amide bonds. The summed E-state index contributed by atoms with van der Waals surface area (Å²) in [6.45, 7) is 6.69. The smallest absolute Gasteiger partial charge is 0.231 e. The number of para-hydroxylation sites is 1. The lowest BCUT2D eigenvalue weighted by molar-refractivity contribution is 0.174. The fourth-order valence-electron chi connectivity index (χ4n) is 3.76. The average Bonchev–Trinajstić information content (AvgIpc) is 3.29. The number of ether oxygens (including phenoxy) is 2. The predicted octanol–water partition coefficient (Wildman–Crippen LogP) is 3.02. The van der Waals surface area contributed by atoms with E-state index >= 15 is 0 Å². The van der Waals surface area contributed by atoms with Crippen LogP contribution in [0.3, 0.4) is 0 Å². The normalized spacial score (nSPS) is 17.2. The summed E-state index contributed by atoms with van der Waals surface area (Å²) in [5.41, 5.74) is 5.46. The third-order valence-corrected chi connectivity index (χ3v) is 5.28. The SMILES string of the molecule is Cc1cc(N2CCN(C)CC2)cc2[nH]c(-c3cccc4c3OCO4)nc12. The average molecular weight is 350 g/mol. The number of hydrogen-bond acceptors (Lipinski definition) is 5. The topological polar surface area (TPSA) is 53.6 Å². The summed E-state index contributed by atoms with van der Waals surface area (Å²) in [4.78, 5) is 13.1. The van der Waals surface area contributed by atoms with Crippen molar-refractivity contribution >= 4 is 16.7 Å². The van der Waals surface area contributed by atoms with Crippen LogP contribution >= 0.6 is 0 Å². The van der Waals surface area contributed by atoms with Crippen molar-refractivity contribution < 1.29 is 9.47 Å². The molecule has 0 atom stereocenters. The summed E-state index contributed by atoms with van der Waals surface area (Å²) in [6, 6.07) is 10.4. The number of nitrogens with one attached hydrogen (secondary N) is 1.